The van der Waals surface area contributed by atoms with E-state index in [1.165, 1.54) is 24.6 Å². The molecule has 5 heteroatoms. The summed E-state index contributed by atoms with van der Waals surface area (Å²) in [6, 6.07) is 12.8. The summed E-state index contributed by atoms with van der Waals surface area (Å²) in [5.41, 5.74) is 6.87. The number of benzene rings is 1. The number of hydrogen-bond donors (Lipinski definition) is 1. The summed E-state index contributed by atoms with van der Waals surface area (Å²) < 4.78 is 5.70. The molecule has 1 unspecified atom stereocenters. The summed E-state index contributed by atoms with van der Waals surface area (Å²) in [5.74, 6) is 0.675. The second-order valence-corrected chi connectivity index (χ2v) is 6.78. The highest BCUT2D eigenvalue weighted by molar-refractivity contribution is 5.92. The molecule has 1 aliphatic carbocycles. The van der Waals surface area contributed by atoms with Crippen LogP contribution in [0.2, 0.25) is 0 Å². The van der Waals surface area contributed by atoms with E-state index in [0.29, 0.717) is 17.5 Å². The van der Waals surface area contributed by atoms with Gasteiger partial charge in [0.05, 0.1) is 5.56 Å². The zero-order chi connectivity index (χ0) is 17.8. The van der Waals surface area contributed by atoms with Gasteiger partial charge in [-0.3, -0.25) is 4.79 Å². The Labute approximate surface area is 148 Å². The number of nitrogens with zero attached hydrogens (tertiary/aromatic N) is 2. The van der Waals surface area contributed by atoms with Gasteiger partial charge in [-0.05, 0) is 63.4 Å². The predicted octanol–water partition coefficient (Wildman–Crippen LogP) is 3.39. The standard InChI is InChI=1S/C20H25N3O2/c1-14(23(2)17-8-9-17)3-4-15-5-10-18(11-6-15)25-19-12-7-16(13-22-19)20(21)24/h5-7,10-14,17H,3-4,8-9H2,1-2H3,(H2,21,24). The molecule has 0 radical (unpaired) electrons. The van der Waals surface area contributed by atoms with Crippen molar-refractivity contribution in [3.63, 3.8) is 0 Å². The average Bonchev–Trinajstić information content (AvgIpc) is 3.46. The van der Waals surface area contributed by atoms with Gasteiger partial charge in [0.1, 0.15) is 5.75 Å². The molecule has 1 aliphatic rings. The van der Waals surface area contributed by atoms with Gasteiger partial charge in [-0.1, -0.05) is 12.1 Å². The van der Waals surface area contributed by atoms with Crippen LogP contribution in [0.3, 0.4) is 0 Å². The lowest BCUT2D eigenvalue weighted by Crippen LogP contribution is -2.31. The van der Waals surface area contributed by atoms with Crippen LogP contribution in [-0.2, 0) is 6.42 Å². The number of rotatable bonds is 8. The molecule has 1 amide bonds. The zero-order valence-electron chi connectivity index (χ0n) is 14.8. The lowest BCUT2D eigenvalue weighted by atomic mass is 10.1. The molecule has 0 spiro atoms. The van der Waals surface area contributed by atoms with Crippen molar-refractivity contribution in [2.75, 3.05) is 7.05 Å². The van der Waals surface area contributed by atoms with E-state index in [4.69, 9.17) is 10.5 Å². The number of aryl methyl sites for hydroxylation is 1. The first kappa shape index (κ1) is 17.4. The summed E-state index contributed by atoms with van der Waals surface area (Å²) in [5, 5.41) is 0. The van der Waals surface area contributed by atoms with E-state index < -0.39 is 5.91 Å². The largest absolute Gasteiger partial charge is 0.439 e. The van der Waals surface area contributed by atoms with Gasteiger partial charge in [0.15, 0.2) is 0 Å². The highest BCUT2D eigenvalue weighted by Gasteiger charge is 2.28. The molecular weight excluding hydrogens is 314 g/mol. The fraction of sp³-hybridized carbons (Fsp3) is 0.400. The molecule has 5 nitrogen and oxygen atoms in total. The maximum absolute atomic E-state index is 11.0. The molecule has 2 N–H and O–H groups in total. The third-order valence-corrected chi connectivity index (χ3v) is 4.84. The Bertz CT molecular complexity index is 709. The number of amides is 1. The summed E-state index contributed by atoms with van der Waals surface area (Å²) in [4.78, 5) is 17.6. The van der Waals surface area contributed by atoms with Crippen LogP contribution >= 0.6 is 0 Å². The lowest BCUT2D eigenvalue weighted by molar-refractivity contribution is 0.1000. The molecule has 2 aromatic rings. The van der Waals surface area contributed by atoms with Gasteiger partial charge >= 0.3 is 0 Å². The predicted molar refractivity (Wildman–Crippen MR) is 97.8 cm³/mol. The van der Waals surface area contributed by atoms with E-state index in [1.807, 2.05) is 12.1 Å². The molecule has 1 aromatic carbocycles. The van der Waals surface area contributed by atoms with Crippen molar-refractivity contribution in [3.8, 4) is 11.6 Å². The molecule has 1 atom stereocenters. The average molecular weight is 339 g/mol. The van der Waals surface area contributed by atoms with Crippen molar-refractivity contribution in [1.29, 1.82) is 0 Å². The fourth-order valence-corrected chi connectivity index (χ4v) is 2.85. The van der Waals surface area contributed by atoms with E-state index in [-0.39, 0.29) is 0 Å². The second-order valence-electron chi connectivity index (χ2n) is 6.78. The third kappa shape index (κ3) is 4.79. The van der Waals surface area contributed by atoms with E-state index in [2.05, 4.69) is 36.0 Å². The molecule has 25 heavy (non-hydrogen) atoms. The monoisotopic (exact) mass is 339 g/mol. The molecule has 1 saturated carbocycles. The molecule has 132 valence electrons. The van der Waals surface area contributed by atoms with Gasteiger partial charge < -0.3 is 15.4 Å². The Morgan fingerprint density at radius 2 is 2.00 bits per heavy atom. The van der Waals surface area contributed by atoms with E-state index in [9.17, 15) is 4.79 Å². The number of pyridine rings is 1. The number of ether oxygens (including phenoxy) is 1. The number of primary amides is 1. The molecule has 0 bridgehead atoms. The topological polar surface area (TPSA) is 68.5 Å². The maximum Gasteiger partial charge on any atom is 0.250 e. The van der Waals surface area contributed by atoms with Gasteiger partial charge in [-0.15, -0.1) is 0 Å². The SMILES string of the molecule is CC(CCc1ccc(Oc2ccc(C(N)=O)cn2)cc1)N(C)C1CC1. The molecule has 3 rings (SSSR count). The second kappa shape index (κ2) is 7.66. The van der Waals surface area contributed by atoms with Crippen LogP contribution in [0.4, 0.5) is 0 Å². The molecule has 1 aromatic heterocycles. The number of aromatic nitrogens is 1. The Hall–Kier alpha value is -2.40. The fourth-order valence-electron chi connectivity index (χ4n) is 2.85. The molecule has 1 fully saturated rings. The Morgan fingerprint density at radius 3 is 2.56 bits per heavy atom. The summed E-state index contributed by atoms with van der Waals surface area (Å²) in [6.07, 6.45) is 6.33. The van der Waals surface area contributed by atoms with E-state index in [0.717, 1.165) is 24.6 Å². The minimum absolute atomic E-state index is 0.369. The van der Waals surface area contributed by atoms with E-state index in [1.54, 1.807) is 12.1 Å². The molecule has 0 saturated heterocycles. The Balaban J connectivity index is 1.52. The highest BCUT2D eigenvalue weighted by Crippen LogP contribution is 2.28. The van der Waals surface area contributed by atoms with Gasteiger partial charge in [-0.25, -0.2) is 4.98 Å². The Morgan fingerprint density at radius 1 is 1.28 bits per heavy atom. The number of carbonyl (C=O) groups is 1. The van der Waals surface area contributed by atoms with Crippen molar-refractivity contribution in [1.82, 2.24) is 9.88 Å². The minimum Gasteiger partial charge on any atom is -0.439 e. The minimum atomic E-state index is -0.495. The molecular formula is C20H25N3O2. The van der Waals surface area contributed by atoms with Crippen LogP contribution in [0.5, 0.6) is 11.6 Å². The van der Waals surface area contributed by atoms with Crippen LogP contribution in [0, 0.1) is 0 Å². The first-order valence-corrected chi connectivity index (χ1v) is 8.77. The summed E-state index contributed by atoms with van der Waals surface area (Å²) >= 11 is 0. The lowest BCUT2D eigenvalue weighted by Gasteiger charge is -2.24. The smallest absolute Gasteiger partial charge is 0.250 e. The van der Waals surface area contributed by atoms with Gasteiger partial charge in [0, 0.05) is 24.3 Å². The first-order valence-electron chi connectivity index (χ1n) is 8.77. The van der Waals surface area contributed by atoms with Crippen molar-refractivity contribution in [2.24, 2.45) is 5.73 Å². The molecule has 1 heterocycles. The normalized spacial score (nSPS) is 15.2. The van der Waals surface area contributed by atoms with Crippen molar-refractivity contribution >= 4 is 5.91 Å². The van der Waals surface area contributed by atoms with Crippen molar-refractivity contribution < 1.29 is 9.53 Å². The maximum atomic E-state index is 11.0. The van der Waals surface area contributed by atoms with Crippen molar-refractivity contribution in [2.45, 2.75) is 44.7 Å². The Kier molecular flexibility index (Phi) is 5.34. The van der Waals surface area contributed by atoms with Crippen LogP contribution in [0.15, 0.2) is 42.6 Å². The first-order chi connectivity index (χ1) is 12.0. The van der Waals surface area contributed by atoms with E-state index >= 15 is 0 Å². The van der Waals surface area contributed by atoms with Crippen LogP contribution in [0.25, 0.3) is 0 Å². The summed E-state index contributed by atoms with van der Waals surface area (Å²) in [7, 11) is 2.23. The molecule has 0 aliphatic heterocycles. The highest BCUT2D eigenvalue weighted by atomic mass is 16.5. The zero-order valence-corrected chi connectivity index (χ0v) is 14.8. The number of carbonyl (C=O) groups excluding carboxylic acids is 1. The van der Waals surface area contributed by atoms with Crippen LogP contribution in [0.1, 0.15) is 42.1 Å². The van der Waals surface area contributed by atoms with Gasteiger partial charge in [-0.2, -0.15) is 0 Å². The third-order valence-electron chi connectivity index (χ3n) is 4.84. The quantitative estimate of drug-likeness (QED) is 0.800. The number of nitrogens with two attached hydrogens (primary N) is 1. The number of hydrogen-bond acceptors (Lipinski definition) is 4. The summed E-state index contributed by atoms with van der Waals surface area (Å²) in [6.45, 7) is 2.30. The van der Waals surface area contributed by atoms with Gasteiger partial charge in [0.2, 0.25) is 11.8 Å². The van der Waals surface area contributed by atoms with Crippen LogP contribution < -0.4 is 10.5 Å². The van der Waals surface area contributed by atoms with Gasteiger partial charge in [0.25, 0.3) is 0 Å². The van der Waals surface area contributed by atoms with Crippen LogP contribution in [-0.4, -0.2) is 34.9 Å². The van der Waals surface area contributed by atoms with Crippen molar-refractivity contribution in [3.05, 3.63) is 53.7 Å².